The number of halogens is 2. The maximum absolute atomic E-state index is 6.05. The number of rotatable bonds is 1. The summed E-state index contributed by atoms with van der Waals surface area (Å²) in [5, 5.41) is 0.753. The van der Waals surface area contributed by atoms with Gasteiger partial charge in [0.25, 0.3) is 0 Å². The van der Waals surface area contributed by atoms with Gasteiger partial charge < -0.3 is 0 Å². The van der Waals surface area contributed by atoms with Gasteiger partial charge in [-0.25, -0.2) is 0 Å². The van der Waals surface area contributed by atoms with Crippen molar-refractivity contribution in [3.05, 3.63) is 57.0 Å². The van der Waals surface area contributed by atoms with Gasteiger partial charge in [0.05, 0.1) is 0 Å². The second kappa shape index (κ2) is 4.60. The monoisotopic (exact) mass is 294 g/mol. The molecule has 0 unspecified atom stereocenters. The van der Waals surface area contributed by atoms with Crippen molar-refractivity contribution in [2.45, 2.75) is 13.8 Å². The molecule has 2 aromatic rings. The summed E-state index contributed by atoms with van der Waals surface area (Å²) in [6.45, 7) is 4.21. The van der Waals surface area contributed by atoms with Crippen LogP contribution in [0.25, 0.3) is 11.1 Å². The summed E-state index contributed by atoms with van der Waals surface area (Å²) in [6.07, 6.45) is 0. The first-order chi connectivity index (χ1) is 7.54. The van der Waals surface area contributed by atoms with Crippen molar-refractivity contribution in [1.29, 1.82) is 0 Å². The Hall–Kier alpha value is -0.790. The lowest BCUT2D eigenvalue weighted by atomic mass is 10.0. The van der Waals surface area contributed by atoms with Crippen molar-refractivity contribution in [3.63, 3.8) is 0 Å². The molecule has 0 amide bonds. The van der Waals surface area contributed by atoms with Gasteiger partial charge in [-0.1, -0.05) is 56.9 Å². The van der Waals surface area contributed by atoms with Gasteiger partial charge in [0, 0.05) is 9.50 Å². The molecule has 0 aliphatic heterocycles. The molecule has 0 aromatic heterocycles. The minimum Gasteiger partial charge on any atom is -0.0843 e. The smallest absolute Gasteiger partial charge is 0.0423 e. The van der Waals surface area contributed by atoms with Crippen molar-refractivity contribution in [1.82, 2.24) is 0 Å². The molecule has 0 saturated heterocycles. The Bertz CT molecular complexity index is 442. The van der Waals surface area contributed by atoms with Gasteiger partial charge in [-0.2, -0.15) is 0 Å². The van der Waals surface area contributed by atoms with Crippen molar-refractivity contribution in [3.8, 4) is 11.1 Å². The lowest BCUT2D eigenvalue weighted by molar-refractivity contribution is 1.38. The van der Waals surface area contributed by atoms with Crippen LogP contribution in [-0.2, 0) is 0 Å². The van der Waals surface area contributed by atoms with Crippen LogP contribution in [0.15, 0.2) is 40.9 Å². The summed E-state index contributed by atoms with van der Waals surface area (Å²) in [5.41, 5.74) is 4.89. The molecule has 0 nitrogen and oxygen atoms in total. The average Bonchev–Trinajstić information content (AvgIpc) is 2.14. The number of aryl methyl sites for hydroxylation is 2. The first-order valence-corrected chi connectivity index (χ1v) is 6.26. The van der Waals surface area contributed by atoms with Crippen LogP contribution in [0.1, 0.15) is 11.1 Å². The zero-order chi connectivity index (χ0) is 11.7. The molecule has 0 saturated carbocycles. The van der Waals surface area contributed by atoms with E-state index in [0.717, 1.165) is 15.1 Å². The van der Waals surface area contributed by atoms with Gasteiger partial charge >= 0.3 is 0 Å². The van der Waals surface area contributed by atoms with Crippen LogP contribution in [0.4, 0.5) is 0 Å². The van der Waals surface area contributed by atoms with Crippen molar-refractivity contribution >= 4 is 27.5 Å². The largest absolute Gasteiger partial charge is 0.0843 e. The van der Waals surface area contributed by atoms with Crippen LogP contribution in [0.3, 0.4) is 0 Å². The molecule has 0 aliphatic rings. The third kappa shape index (κ3) is 2.66. The van der Waals surface area contributed by atoms with E-state index in [0.29, 0.717) is 0 Å². The van der Waals surface area contributed by atoms with Crippen LogP contribution in [0.5, 0.6) is 0 Å². The van der Waals surface area contributed by atoms with Gasteiger partial charge in [0.1, 0.15) is 0 Å². The summed E-state index contributed by atoms with van der Waals surface area (Å²) in [6, 6.07) is 12.5. The van der Waals surface area contributed by atoms with E-state index in [2.05, 4.69) is 54.0 Å². The van der Waals surface area contributed by atoms with E-state index in [9.17, 15) is 0 Å². The second-order valence-electron chi connectivity index (χ2n) is 4.03. The molecule has 82 valence electrons. The Kier molecular flexibility index (Phi) is 3.36. The lowest BCUT2D eigenvalue weighted by Crippen LogP contribution is -1.83. The molecule has 0 heterocycles. The summed E-state index contributed by atoms with van der Waals surface area (Å²) in [5.74, 6) is 0. The molecule has 0 radical (unpaired) electrons. The summed E-state index contributed by atoms with van der Waals surface area (Å²) in [7, 11) is 0. The van der Waals surface area contributed by atoms with Crippen LogP contribution in [0.2, 0.25) is 5.02 Å². The predicted octanol–water partition coefficient (Wildman–Crippen LogP) is 5.39. The lowest BCUT2D eigenvalue weighted by Gasteiger charge is -2.06. The Morgan fingerprint density at radius 3 is 1.94 bits per heavy atom. The first kappa shape index (κ1) is 11.7. The maximum atomic E-state index is 6.05. The molecule has 0 fully saturated rings. The zero-order valence-corrected chi connectivity index (χ0v) is 11.6. The van der Waals surface area contributed by atoms with Crippen molar-refractivity contribution < 1.29 is 0 Å². The summed E-state index contributed by atoms with van der Waals surface area (Å²) < 4.78 is 1.01. The molecular weight excluding hydrogens is 284 g/mol. The average molecular weight is 296 g/mol. The minimum absolute atomic E-state index is 0.753. The van der Waals surface area contributed by atoms with Gasteiger partial charge in [-0.3, -0.25) is 0 Å². The number of benzene rings is 2. The highest BCUT2D eigenvalue weighted by Crippen LogP contribution is 2.28. The van der Waals surface area contributed by atoms with E-state index < -0.39 is 0 Å². The van der Waals surface area contributed by atoms with Crippen molar-refractivity contribution in [2.75, 3.05) is 0 Å². The zero-order valence-electron chi connectivity index (χ0n) is 9.22. The van der Waals surface area contributed by atoms with E-state index in [1.165, 1.54) is 16.7 Å². The molecule has 0 spiro atoms. The Morgan fingerprint density at radius 1 is 0.812 bits per heavy atom. The van der Waals surface area contributed by atoms with Gasteiger partial charge in [-0.05, 0) is 43.2 Å². The SMILES string of the molecule is Cc1cc(C)cc(-c2cc(Cl)cc(Br)c2)c1. The topological polar surface area (TPSA) is 0 Å². The molecule has 2 heteroatoms. The van der Waals surface area contributed by atoms with E-state index in [4.69, 9.17) is 11.6 Å². The predicted molar refractivity (Wildman–Crippen MR) is 74.1 cm³/mol. The standard InChI is InChI=1S/C14H12BrCl/c1-9-3-10(2)5-11(4-9)12-6-13(15)8-14(16)7-12/h3-8H,1-2H3. The Morgan fingerprint density at radius 2 is 1.38 bits per heavy atom. The van der Waals surface area contributed by atoms with Crippen LogP contribution in [0, 0.1) is 13.8 Å². The fourth-order valence-electron chi connectivity index (χ4n) is 1.86. The highest BCUT2D eigenvalue weighted by Gasteiger charge is 2.02. The van der Waals surface area contributed by atoms with Crippen LogP contribution < -0.4 is 0 Å². The molecule has 2 rings (SSSR count). The van der Waals surface area contributed by atoms with E-state index >= 15 is 0 Å². The first-order valence-electron chi connectivity index (χ1n) is 5.09. The van der Waals surface area contributed by atoms with Gasteiger partial charge in [-0.15, -0.1) is 0 Å². The normalized spacial score (nSPS) is 10.5. The fourth-order valence-corrected chi connectivity index (χ4v) is 2.72. The third-order valence-corrected chi connectivity index (χ3v) is 3.09. The van der Waals surface area contributed by atoms with Crippen LogP contribution >= 0.6 is 27.5 Å². The fraction of sp³-hybridized carbons (Fsp3) is 0.143. The third-order valence-electron chi connectivity index (χ3n) is 2.42. The summed E-state index contributed by atoms with van der Waals surface area (Å²) in [4.78, 5) is 0. The second-order valence-corrected chi connectivity index (χ2v) is 5.39. The molecule has 0 aliphatic carbocycles. The maximum Gasteiger partial charge on any atom is 0.0423 e. The molecule has 2 aromatic carbocycles. The number of hydrogen-bond donors (Lipinski definition) is 0. The van der Waals surface area contributed by atoms with E-state index in [-0.39, 0.29) is 0 Å². The molecule has 0 atom stereocenters. The quantitative estimate of drug-likeness (QED) is 0.662. The van der Waals surface area contributed by atoms with Gasteiger partial charge in [0.2, 0.25) is 0 Å². The van der Waals surface area contributed by atoms with Crippen molar-refractivity contribution in [2.24, 2.45) is 0 Å². The van der Waals surface area contributed by atoms with E-state index in [1.54, 1.807) is 0 Å². The summed E-state index contributed by atoms with van der Waals surface area (Å²) >= 11 is 9.51. The molecule has 0 N–H and O–H groups in total. The van der Waals surface area contributed by atoms with E-state index in [1.807, 2.05) is 12.1 Å². The van der Waals surface area contributed by atoms with Crippen LogP contribution in [-0.4, -0.2) is 0 Å². The highest BCUT2D eigenvalue weighted by atomic mass is 79.9. The number of hydrogen-bond acceptors (Lipinski definition) is 0. The van der Waals surface area contributed by atoms with Gasteiger partial charge in [0.15, 0.2) is 0 Å². The Labute approximate surface area is 109 Å². The molecular formula is C14H12BrCl. The Balaban J connectivity index is 2.57. The molecule has 0 bridgehead atoms. The minimum atomic E-state index is 0.753. The molecule has 16 heavy (non-hydrogen) atoms. The highest BCUT2D eigenvalue weighted by molar-refractivity contribution is 9.10.